The van der Waals surface area contributed by atoms with E-state index in [2.05, 4.69) is 15.9 Å². The molecule has 3 rings (SSSR count). The van der Waals surface area contributed by atoms with Crippen LogP contribution in [-0.4, -0.2) is 30.9 Å². The number of nitrogens with zero attached hydrogens (tertiary/aromatic N) is 1. The van der Waals surface area contributed by atoms with Crippen LogP contribution in [0.15, 0.2) is 28.8 Å². The summed E-state index contributed by atoms with van der Waals surface area (Å²) < 4.78 is 11.4. The van der Waals surface area contributed by atoms with Crippen LogP contribution in [0.25, 0.3) is 0 Å². The lowest BCUT2D eigenvalue weighted by molar-refractivity contribution is -0.140. The second-order valence-electron chi connectivity index (χ2n) is 5.72. The van der Waals surface area contributed by atoms with Crippen molar-refractivity contribution in [1.29, 1.82) is 0 Å². The lowest BCUT2D eigenvalue weighted by Crippen LogP contribution is -2.30. The van der Waals surface area contributed by atoms with Crippen molar-refractivity contribution >= 4 is 27.7 Å². The molecule has 0 aromatic heterocycles. The summed E-state index contributed by atoms with van der Waals surface area (Å²) in [4.78, 5) is 26.5. The van der Waals surface area contributed by atoms with Gasteiger partial charge in [0.2, 0.25) is 11.8 Å². The van der Waals surface area contributed by atoms with E-state index in [9.17, 15) is 9.59 Å². The van der Waals surface area contributed by atoms with E-state index in [0.29, 0.717) is 24.3 Å². The Morgan fingerprint density at radius 1 is 1.04 bits per heavy atom. The van der Waals surface area contributed by atoms with Gasteiger partial charge in [-0.3, -0.25) is 14.5 Å². The Morgan fingerprint density at radius 2 is 1.61 bits per heavy atom. The summed E-state index contributed by atoms with van der Waals surface area (Å²) in [6.45, 7) is 0.206. The molecule has 0 N–H and O–H groups in total. The molecule has 6 heteroatoms. The van der Waals surface area contributed by atoms with Crippen LogP contribution in [0.3, 0.4) is 0 Å². The van der Waals surface area contributed by atoms with E-state index < -0.39 is 0 Å². The van der Waals surface area contributed by atoms with Gasteiger partial charge in [-0.15, -0.1) is 0 Å². The molecule has 0 bridgehead atoms. The predicted octanol–water partition coefficient (Wildman–Crippen LogP) is 2.92. The van der Waals surface area contributed by atoms with Crippen LogP contribution in [0.2, 0.25) is 0 Å². The molecule has 122 valence electrons. The first-order chi connectivity index (χ1) is 11.1. The number of ether oxygens (including phenoxy) is 2. The van der Waals surface area contributed by atoms with Gasteiger partial charge in [0.05, 0.1) is 37.1 Å². The molecule has 2 amide bonds. The maximum atomic E-state index is 12.6. The number of carbonyl (C=O) groups excluding carboxylic acids is 2. The van der Waals surface area contributed by atoms with E-state index in [1.165, 1.54) is 4.90 Å². The molecule has 2 unspecified atom stereocenters. The molecule has 0 radical (unpaired) electrons. The normalized spacial score (nSPS) is 23.2. The highest BCUT2D eigenvalue weighted by atomic mass is 79.9. The average molecular weight is 380 g/mol. The van der Waals surface area contributed by atoms with Crippen LogP contribution in [0.1, 0.15) is 18.4 Å². The molecule has 1 aromatic rings. The zero-order valence-electron chi connectivity index (χ0n) is 13.0. The van der Waals surface area contributed by atoms with E-state index in [-0.39, 0.29) is 30.2 Å². The fraction of sp³-hybridized carbons (Fsp3) is 0.412. The first-order valence-corrected chi connectivity index (χ1v) is 8.26. The Hall–Kier alpha value is -1.82. The van der Waals surface area contributed by atoms with Gasteiger partial charge in [-0.05, 0) is 40.9 Å². The van der Waals surface area contributed by atoms with Crippen molar-refractivity contribution in [1.82, 2.24) is 4.90 Å². The number of allylic oxidation sites excluding steroid dienone is 2. The third-order valence-corrected chi connectivity index (χ3v) is 5.10. The Kier molecular flexibility index (Phi) is 4.43. The number of hydrogen-bond donors (Lipinski definition) is 0. The summed E-state index contributed by atoms with van der Waals surface area (Å²) in [5.74, 6) is 0.651. The number of likely N-dealkylation sites (tertiary alicyclic amines) is 1. The Bertz CT molecular complexity index is 659. The zero-order chi connectivity index (χ0) is 16.6. The monoisotopic (exact) mass is 379 g/mol. The molecule has 0 saturated carbocycles. The summed E-state index contributed by atoms with van der Waals surface area (Å²) in [5, 5.41) is 0. The highest BCUT2D eigenvalue weighted by molar-refractivity contribution is 9.10. The van der Waals surface area contributed by atoms with Crippen molar-refractivity contribution in [3.8, 4) is 11.5 Å². The van der Waals surface area contributed by atoms with Gasteiger partial charge in [-0.2, -0.15) is 0 Å². The number of imide groups is 1. The SMILES string of the molecule is COc1cc(CN2C(=O)C3CC=CCC3C2=O)c(OC)cc1Br. The van der Waals surface area contributed by atoms with Crippen molar-refractivity contribution in [2.75, 3.05) is 14.2 Å². The highest BCUT2D eigenvalue weighted by Crippen LogP contribution is 2.38. The maximum absolute atomic E-state index is 12.6. The molecule has 2 atom stereocenters. The van der Waals surface area contributed by atoms with Gasteiger partial charge < -0.3 is 9.47 Å². The fourth-order valence-electron chi connectivity index (χ4n) is 3.24. The highest BCUT2D eigenvalue weighted by Gasteiger charge is 2.47. The number of hydrogen-bond acceptors (Lipinski definition) is 4. The third-order valence-electron chi connectivity index (χ3n) is 4.48. The summed E-state index contributed by atoms with van der Waals surface area (Å²) in [5.41, 5.74) is 0.751. The summed E-state index contributed by atoms with van der Waals surface area (Å²) >= 11 is 3.41. The maximum Gasteiger partial charge on any atom is 0.233 e. The average Bonchev–Trinajstić information content (AvgIpc) is 2.81. The van der Waals surface area contributed by atoms with E-state index >= 15 is 0 Å². The first kappa shape index (κ1) is 16.1. The molecular formula is C17H18BrNO4. The minimum absolute atomic E-state index is 0.0895. The minimum Gasteiger partial charge on any atom is -0.496 e. The van der Waals surface area contributed by atoms with Gasteiger partial charge in [0.15, 0.2) is 0 Å². The van der Waals surface area contributed by atoms with Gasteiger partial charge in [-0.25, -0.2) is 0 Å². The van der Waals surface area contributed by atoms with Gasteiger partial charge in [0.1, 0.15) is 11.5 Å². The molecule has 1 fully saturated rings. The van der Waals surface area contributed by atoms with Crippen LogP contribution in [0, 0.1) is 11.8 Å². The van der Waals surface area contributed by atoms with Gasteiger partial charge in [0.25, 0.3) is 0 Å². The van der Waals surface area contributed by atoms with Crippen molar-refractivity contribution in [3.63, 3.8) is 0 Å². The first-order valence-electron chi connectivity index (χ1n) is 7.47. The van der Waals surface area contributed by atoms with Crippen LogP contribution < -0.4 is 9.47 Å². The second kappa shape index (κ2) is 6.35. The molecule has 0 spiro atoms. The van der Waals surface area contributed by atoms with Crippen molar-refractivity contribution < 1.29 is 19.1 Å². The molecule has 1 heterocycles. The van der Waals surface area contributed by atoms with E-state index in [1.54, 1.807) is 26.4 Å². The molecule has 2 aliphatic rings. The van der Waals surface area contributed by atoms with Crippen molar-refractivity contribution in [2.24, 2.45) is 11.8 Å². The lowest BCUT2D eigenvalue weighted by Gasteiger charge is -2.18. The number of carbonyl (C=O) groups is 2. The van der Waals surface area contributed by atoms with E-state index in [0.717, 1.165) is 10.0 Å². The number of halogens is 1. The predicted molar refractivity (Wildman–Crippen MR) is 88.2 cm³/mol. The fourth-order valence-corrected chi connectivity index (χ4v) is 3.73. The number of benzene rings is 1. The molecule has 23 heavy (non-hydrogen) atoms. The second-order valence-corrected chi connectivity index (χ2v) is 6.57. The Morgan fingerprint density at radius 3 is 2.13 bits per heavy atom. The largest absolute Gasteiger partial charge is 0.496 e. The molecule has 1 saturated heterocycles. The van der Waals surface area contributed by atoms with Gasteiger partial charge in [0, 0.05) is 5.56 Å². The molecule has 5 nitrogen and oxygen atoms in total. The molecule has 1 aliphatic carbocycles. The summed E-state index contributed by atoms with van der Waals surface area (Å²) in [6, 6.07) is 3.58. The topological polar surface area (TPSA) is 55.8 Å². The summed E-state index contributed by atoms with van der Waals surface area (Å²) in [6.07, 6.45) is 5.26. The number of fused-ring (bicyclic) bond motifs is 1. The lowest BCUT2D eigenvalue weighted by atomic mass is 9.85. The third kappa shape index (κ3) is 2.76. The zero-order valence-corrected chi connectivity index (χ0v) is 14.6. The van der Waals surface area contributed by atoms with Crippen LogP contribution in [0.4, 0.5) is 0 Å². The van der Waals surface area contributed by atoms with E-state index in [4.69, 9.17) is 9.47 Å². The van der Waals surface area contributed by atoms with Gasteiger partial charge in [-0.1, -0.05) is 12.2 Å². The van der Waals surface area contributed by atoms with Gasteiger partial charge >= 0.3 is 0 Å². The van der Waals surface area contributed by atoms with Crippen LogP contribution >= 0.6 is 15.9 Å². The van der Waals surface area contributed by atoms with Crippen LogP contribution in [0.5, 0.6) is 11.5 Å². The summed E-state index contributed by atoms with van der Waals surface area (Å²) in [7, 11) is 3.14. The van der Waals surface area contributed by atoms with Crippen LogP contribution in [-0.2, 0) is 16.1 Å². The van der Waals surface area contributed by atoms with Crippen molar-refractivity contribution in [2.45, 2.75) is 19.4 Å². The Balaban J connectivity index is 1.90. The standard InChI is InChI=1S/C17H18BrNO4/c1-22-14-8-13(18)15(23-2)7-10(14)9-19-16(20)11-5-3-4-6-12(11)17(19)21/h3-4,7-8,11-12H,5-6,9H2,1-2H3. The molecule has 1 aliphatic heterocycles. The van der Waals surface area contributed by atoms with E-state index in [1.807, 2.05) is 12.2 Å². The molecule has 1 aromatic carbocycles. The quantitative estimate of drug-likeness (QED) is 0.596. The number of rotatable bonds is 4. The smallest absolute Gasteiger partial charge is 0.233 e. The van der Waals surface area contributed by atoms with Crippen molar-refractivity contribution in [3.05, 3.63) is 34.3 Å². The Labute approximate surface area is 143 Å². The molecular weight excluding hydrogens is 362 g/mol. The number of methoxy groups -OCH3 is 2. The minimum atomic E-state index is -0.212. The number of amides is 2.